The van der Waals surface area contributed by atoms with Crippen LogP contribution in [0.25, 0.3) is 0 Å². The van der Waals surface area contributed by atoms with E-state index in [-0.39, 0.29) is 23.4 Å². The molecule has 0 fully saturated rings. The Morgan fingerprint density at radius 1 is 0.673 bits per heavy atom. The zero-order valence-corrected chi connectivity index (χ0v) is 32.7. The Morgan fingerprint density at radius 3 is 1.61 bits per heavy atom. The van der Waals surface area contributed by atoms with Gasteiger partial charge in [0.25, 0.3) is 0 Å². The summed E-state index contributed by atoms with van der Waals surface area (Å²) in [6.45, 7) is 21.1. The fourth-order valence-corrected chi connectivity index (χ4v) is 5.65. The van der Waals surface area contributed by atoms with Crippen molar-refractivity contribution in [2.75, 3.05) is 7.11 Å². The molecule has 0 saturated heterocycles. The third-order valence-electron chi connectivity index (χ3n) is 9.20. The van der Waals surface area contributed by atoms with E-state index in [4.69, 9.17) is 4.74 Å². The maximum atomic E-state index is 11.9. The number of carbonyl (C=O) groups excluding carboxylic acids is 2. The molecule has 1 N–H and O–H groups in total. The van der Waals surface area contributed by atoms with Gasteiger partial charge in [0.1, 0.15) is 11.5 Å². The van der Waals surface area contributed by atoms with Crippen LogP contribution in [-0.2, 0) is 16.0 Å². The highest BCUT2D eigenvalue weighted by atomic mass is 16.5. The Bertz CT molecular complexity index is 1430. The molecular formula is C45H66O4. The minimum atomic E-state index is -0.191. The van der Waals surface area contributed by atoms with Crippen LogP contribution in [-0.4, -0.2) is 23.8 Å². The van der Waals surface area contributed by atoms with Gasteiger partial charge in [-0.05, 0) is 156 Å². The molecule has 0 aliphatic heterocycles. The van der Waals surface area contributed by atoms with Crippen LogP contribution in [0.3, 0.4) is 0 Å². The third-order valence-corrected chi connectivity index (χ3v) is 9.20. The van der Waals surface area contributed by atoms with Gasteiger partial charge in [0, 0.05) is 17.4 Å². The van der Waals surface area contributed by atoms with Crippen LogP contribution in [0.4, 0.5) is 0 Å². The van der Waals surface area contributed by atoms with Gasteiger partial charge >= 0.3 is 0 Å². The number of phenolic OH excluding ortho intramolecular Hbond substituents is 1. The predicted octanol–water partition coefficient (Wildman–Crippen LogP) is 12.4. The number of rotatable bonds is 17. The Labute approximate surface area is 299 Å². The lowest BCUT2D eigenvalue weighted by atomic mass is 9.80. The van der Waals surface area contributed by atoms with Gasteiger partial charge in [-0.1, -0.05) is 76.8 Å². The molecule has 0 bridgehead atoms. The second-order valence-electron chi connectivity index (χ2n) is 14.3. The first-order valence-corrected chi connectivity index (χ1v) is 18.2. The smallest absolute Gasteiger partial charge is 0.159 e. The van der Waals surface area contributed by atoms with Crippen LogP contribution in [0.15, 0.2) is 94.2 Å². The molecule has 49 heavy (non-hydrogen) atoms. The fraction of sp³-hybridized carbons (Fsp3) is 0.511. The van der Waals surface area contributed by atoms with Gasteiger partial charge < -0.3 is 9.84 Å². The fourth-order valence-electron chi connectivity index (χ4n) is 5.65. The van der Waals surface area contributed by atoms with Crippen molar-refractivity contribution in [3.63, 3.8) is 0 Å². The lowest BCUT2D eigenvalue weighted by molar-refractivity contribution is -0.128. The van der Waals surface area contributed by atoms with Crippen LogP contribution in [0.5, 0.6) is 11.5 Å². The van der Waals surface area contributed by atoms with E-state index in [1.54, 1.807) is 13.2 Å². The Morgan fingerprint density at radius 2 is 1.12 bits per heavy atom. The van der Waals surface area contributed by atoms with Gasteiger partial charge in [-0.25, -0.2) is 0 Å². The van der Waals surface area contributed by atoms with Gasteiger partial charge in [-0.3, -0.25) is 9.59 Å². The van der Waals surface area contributed by atoms with E-state index in [2.05, 4.69) is 91.8 Å². The summed E-state index contributed by atoms with van der Waals surface area (Å²) in [5, 5.41) is 9.90. The van der Waals surface area contributed by atoms with Crippen molar-refractivity contribution in [3.8, 4) is 11.5 Å². The zero-order chi connectivity index (χ0) is 36.9. The zero-order valence-electron chi connectivity index (χ0n) is 32.7. The van der Waals surface area contributed by atoms with Gasteiger partial charge in [0.05, 0.1) is 7.11 Å². The molecule has 2 unspecified atom stereocenters. The lowest BCUT2D eigenvalue weighted by Crippen LogP contribution is -2.29. The number of allylic oxidation sites excluding steroid dienone is 14. The average Bonchev–Trinajstić information content (AvgIpc) is 3.03. The quantitative estimate of drug-likeness (QED) is 0.168. The van der Waals surface area contributed by atoms with Gasteiger partial charge in [-0.2, -0.15) is 0 Å². The SMILES string of the molecule is CC(C)=CCC/C(C)=C/CC/C(C)=C/CC1C(=O)C=CC(=O)C1C.COc1ccc(O)c(C)c1C/C=C(\C)CC/C=C(\C)CCC=C(C)C. The highest BCUT2D eigenvalue weighted by molar-refractivity contribution is 6.07. The van der Waals surface area contributed by atoms with Gasteiger partial charge in [-0.15, -0.1) is 0 Å². The van der Waals surface area contributed by atoms with Crippen LogP contribution in [0, 0.1) is 18.8 Å². The van der Waals surface area contributed by atoms with E-state index in [1.807, 2.05) is 19.9 Å². The van der Waals surface area contributed by atoms with Crippen molar-refractivity contribution in [2.45, 2.75) is 133 Å². The molecule has 270 valence electrons. The van der Waals surface area contributed by atoms with E-state index in [1.165, 1.54) is 45.6 Å². The summed E-state index contributed by atoms with van der Waals surface area (Å²) in [6.07, 6.45) is 26.7. The molecule has 2 atom stereocenters. The maximum Gasteiger partial charge on any atom is 0.159 e. The molecule has 1 aliphatic carbocycles. The summed E-state index contributed by atoms with van der Waals surface area (Å²) in [6, 6.07) is 3.52. The van der Waals surface area contributed by atoms with Crippen molar-refractivity contribution in [1.82, 2.24) is 0 Å². The van der Waals surface area contributed by atoms with Crippen molar-refractivity contribution in [1.29, 1.82) is 0 Å². The second-order valence-corrected chi connectivity index (χ2v) is 14.3. The van der Waals surface area contributed by atoms with Crippen LogP contribution >= 0.6 is 0 Å². The summed E-state index contributed by atoms with van der Waals surface area (Å²) in [5.41, 5.74) is 10.3. The molecule has 0 amide bonds. The highest BCUT2D eigenvalue weighted by Crippen LogP contribution is 2.30. The number of carbonyl (C=O) groups is 2. The van der Waals surface area contributed by atoms with E-state index < -0.39 is 0 Å². The van der Waals surface area contributed by atoms with Crippen LogP contribution < -0.4 is 4.74 Å². The Hall–Kier alpha value is -3.66. The number of methoxy groups -OCH3 is 1. The standard InChI is InChI=1S/C23H34O2.C22H32O2/c1-17(2)9-7-10-18(3)11-8-12-19(4)13-14-21-20(5)22(24)15-16-23(21)25-6;1-16(2)8-6-9-17(3)10-7-11-18(4)12-13-20-19(5)21(23)14-15-22(20)24/h9,11,13,15-16,24H,7-8,10,12,14H2,1-6H3;8,10,12,14-15,19-20H,6-7,9,11,13H2,1-5H3/b18-11+,19-13+;17-10+,18-12+. The number of aromatic hydroxyl groups is 1. The monoisotopic (exact) mass is 670 g/mol. The molecule has 0 saturated carbocycles. The van der Waals surface area contributed by atoms with Crippen molar-refractivity contribution < 1.29 is 19.4 Å². The average molecular weight is 671 g/mol. The van der Waals surface area contributed by atoms with E-state index >= 15 is 0 Å². The molecule has 4 nitrogen and oxygen atoms in total. The number of benzene rings is 1. The number of hydrogen-bond donors (Lipinski definition) is 1. The lowest BCUT2D eigenvalue weighted by Gasteiger charge is -2.21. The highest BCUT2D eigenvalue weighted by Gasteiger charge is 2.30. The molecule has 0 radical (unpaired) electrons. The minimum Gasteiger partial charge on any atom is -0.508 e. The first kappa shape index (κ1) is 43.4. The van der Waals surface area contributed by atoms with E-state index in [0.29, 0.717) is 12.2 Å². The normalized spacial score (nSPS) is 17.0. The number of ether oxygens (including phenoxy) is 1. The van der Waals surface area contributed by atoms with Gasteiger partial charge in [0.2, 0.25) is 0 Å². The molecular weight excluding hydrogens is 604 g/mol. The summed E-state index contributed by atoms with van der Waals surface area (Å²) < 4.78 is 5.43. The van der Waals surface area contributed by atoms with Crippen molar-refractivity contribution in [3.05, 3.63) is 105 Å². The molecule has 4 heteroatoms. The number of phenols is 1. The van der Waals surface area contributed by atoms with Gasteiger partial charge in [0.15, 0.2) is 11.6 Å². The van der Waals surface area contributed by atoms with Crippen molar-refractivity contribution in [2.24, 2.45) is 11.8 Å². The molecule has 0 spiro atoms. The molecule has 1 aliphatic rings. The maximum absolute atomic E-state index is 11.9. The largest absolute Gasteiger partial charge is 0.508 e. The van der Waals surface area contributed by atoms with Crippen LogP contribution in [0.1, 0.15) is 131 Å². The Balaban J connectivity index is 0.000000490. The summed E-state index contributed by atoms with van der Waals surface area (Å²) >= 11 is 0. The first-order valence-electron chi connectivity index (χ1n) is 18.2. The number of ketones is 2. The predicted molar refractivity (Wildman–Crippen MR) is 210 cm³/mol. The molecule has 0 aromatic heterocycles. The topological polar surface area (TPSA) is 63.6 Å². The summed E-state index contributed by atoms with van der Waals surface area (Å²) in [7, 11) is 1.68. The summed E-state index contributed by atoms with van der Waals surface area (Å²) in [5.74, 6) is 0.954. The number of hydrogen-bond acceptors (Lipinski definition) is 4. The third kappa shape index (κ3) is 18.1. The van der Waals surface area contributed by atoms with Crippen LogP contribution in [0.2, 0.25) is 0 Å². The second kappa shape index (κ2) is 23.7. The molecule has 1 aromatic rings. The first-order chi connectivity index (χ1) is 23.2. The van der Waals surface area contributed by atoms with E-state index in [9.17, 15) is 14.7 Å². The molecule has 1 aromatic carbocycles. The Kier molecular flexibility index (Phi) is 20.9. The molecule has 0 heterocycles. The molecule has 2 rings (SSSR count). The summed E-state index contributed by atoms with van der Waals surface area (Å²) in [4.78, 5) is 23.6. The minimum absolute atomic E-state index is 0.0700. The van der Waals surface area contributed by atoms with E-state index in [0.717, 1.165) is 74.7 Å². The van der Waals surface area contributed by atoms with Crippen molar-refractivity contribution >= 4 is 11.6 Å².